The maximum atomic E-state index is 13.0. The summed E-state index contributed by atoms with van der Waals surface area (Å²) >= 11 is 0. The Morgan fingerprint density at radius 3 is 2.42 bits per heavy atom. The van der Waals surface area contributed by atoms with E-state index in [-0.39, 0.29) is 42.0 Å². The number of carbonyl (C=O) groups is 4. The van der Waals surface area contributed by atoms with E-state index in [0.29, 0.717) is 32.1 Å². The van der Waals surface area contributed by atoms with Crippen LogP contribution in [0.4, 0.5) is 0 Å². The minimum atomic E-state index is -1.26. The van der Waals surface area contributed by atoms with E-state index in [4.69, 9.17) is 9.47 Å². The standard InChI is InChI=1S/C32H44O8/c1-16(2)12-18(34)13-19-26-22(40-27(19)36)15-30(5)20-8-9-23-29(4,21(20)14-24(35)32(26,30)7)11-10-25(39-17(3)33)31(23,6)28(37)38/h8,12,19,21-26,35H,9-11,13-15H2,1-7H3,(H,37,38)/t19?,21-,22-,23+,24-,25+,26+,29+,30+,31-,32-/m0/s1. The first-order valence-corrected chi connectivity index (χ1v) is 14.7. The lowest BCUT2D eigenvalue weighted by atomic mass is 9.40. The van der Waals surface area contributed by atoms with Crippen molar-refractivity contribution in [2.24, 2.45) is 45.3 Å². The number of aliphatic hydroxyl groups excluding tert-OH is 1. The Morgan fingerprint density at radius 1 is 1.15 bits per heavy atom. The largest absolute Gasteiger partial charge is 0.481 e. The second kappa shape index (κ2) is 9.27. The number of fused-ring (bicyclic) bond motifs is 7. The number of aliphatic hydroxyl groups is 1. The number of carboxylic acids is 1. The quantitative estimate of drug-likeness (QED) is 0.285. The number of rotatable bonds is 5. The summed E-state index contributed by atoms with van der Waals surface area (Å²) in [7, 11) is 0. The number of ketones is 1. The van der Waals surface area contributed by atoms with Crippen LogP contribution in [0.25, 0.3) is 0 Å². The third-order valence-corrected chi connectivity index (χ3v) is 12.2. The van der Waals surface area contributed by atoms with Gasteiger partial charge in [0.25, 0.3) is 0 Å². The first-order valence-electron chi connectivity index (χ1n) is 14.7. The van der Waals surface area contributed by atoms with E-state index in [2.05, 4.69) is 26.8 Å². The van der Waals surface area contributed by atoms with Crippen molar-refractivity contribution in [3.05, 3.63) is 23.3 Å². The van der Waals surface area contributed by atoms with Crippen molar-refractivity contribution in [2.75, 3.05) is 0 Å². The summed E-state index contributed by atoms with van der Waals surface area (Å²) < 4.78 is 11.5. The highest BCUT2D eigenvalue weighted by Gasteiger charge is 2.74. The number of ether oxygens (including phenoxy) is 2. The third-order valence-electron chi connectivity index (χ3n) is 12.2. The monoisotopic (exact) mass is 556 g/mol. The second-order valence-corrected chi connectivity index (χ2v) is 14.3. The van der Waals surface area contributed by atoms with Gasteiger partial charge in [-0.3, -0.25) is 19.2 Å². The SMILES string of the molecule is CC(=O)O[C@@H]1CC[C@@]2(C)[C@@H](CC=C3[C@@H]2C[C@H](O)[C@@]2(C)[C@@H]4C(CC(=O)C=C(C)C)C(=O)O[C@H]4C[C@]32C)[C@]1(C)C(=O)O. The predicted octanol–water partition coefficient (Wildman–Crippen LogP) is 4.64. The van der Waals surface area contributed by atoms with Gasteiger partial charge in [-0.2, -0.15) is 0 Å². The number of allylic oxidation sites excluding steroid dienone is 4. The Bertz CT molecular complexity index is 1210. The van der Waals surface area contributed by atoms with Gasteiger partial charge in [0.1, 0.15) is 17.6 Å². The van der Waals surface area contributed by atoms with E-state index >= 15 is 0 Å². The fraction of sp³-hybridized carbons (Fsp3) is 0.750. The van der Waals surface area contributed by atoms with Crippen LogP contribution in [0.3, 0.4) is 0 Å². The van der Waals surface area contributed by atoms with Gasteiger partial charge in [0.15, 0.2) is 5.78 Å². The molecule has 0 aromatic rings. The highest BCUT2D eigenvalue weighted by molar-refractivity contribution is 5.93. The summed E-state index contributed by atoms with van der Waals surface area (Å²) in [6.07, 6.45) is 4.65. The second-order valence-electron chi connectivity index (χ2n) is 14.3. The number of carboxylic acid groups (broad SMARTS) is 1. The van der Waals surface area contributed by atoms with Crippen LogP contribution < -0.4 is 0 Å². The van der Waals surface area contributed by atoms with Crippen molar-refractivity contribution in [2.45, 2.75) is 105 Å². The fourth-order valence-electron chi connectivity index (χ4n) is 10.1. The molecule has 3 saturated carbocycles. The van der Waals surface area contributed by atoms with Crippen LogP contribution in [0.2, 0.25) is 0 Å². The minimum absolute atomic E-state index is 0.0587. The first kappa shape index (κ1) is 29.0. The first-order chi connectivity index (χ1) is 18.5. The van der Waals surface area contributed by atoms with Gasteiger partial charge < -0.3 is 19.7 Å². The van der Waals surface area contributed by atoms with Crippen LogP contribution >= 0.6 is 0 Å². The van der Waals surface area contributed by atoms with Gasteiger partial charge >= 0.3 is 17.9 Å². The molecule has 0 bridgehead atoms. The average Bonchev–Trinajstić information content (AvgIpc) is 3.25. The highest BCUT2D eigenvalue weighted by Crippen LogP contribution is 2.74. The maximum absolute atomic E-state index is 13.0. The Morgan fingerprint density at radius 2 is 1.82 bits per heavy atom. The molecule has 11 atom stereocenters. The molecule has 8 nitrogen and oxygen atoms in total. The number of hydrogen-bond donors (Lipinski definition) is 2. The molecule has 0 radical (unpaired) electrons. The lowest BCUT2D eigenvalue weighted by Crippen LogP contribution is -2.63. The van der Waals surface area contributed by atoms with Gasteiger partial charge in [0.2, 0.25) is 0 Å². The summed E-state index contributed by atoms with van der Waals surface area (Å²) in [4.78, 5) is 50.5. The molecule has 4 aliphatic carbocycles. The van der Waals surface area contributed by atoms with Gasteiger partial charge in [-0.1, -0.05) is 38.0 Å². The summed E-state index contributed by atoms with van der Waals surface area (Å²) in [5, 5.41) is 22.5. The predicted molar refractivity (Wildman–Crippen MR) is 146 cm³/mol. The molecular formula is C32H44O8. The molecule has 5 aliphatic rings. The van der Waals surface area contributed by atoms with Gasteiger partial charge in [-0.05, 0) is 76.2 Å². The van der Waals surface area contributed by atoms with Crippen molar-refractivity contribution in [3.63, 3.8) is 0 Å². The summed E-state index contributed by atoms with van der Waals surface area (Å²) in [5.41, 5.74) is -0.752. The van der Waals surface area contributed by atoms with Crippen LogP contribution in [0.15, 0.2) is 23.3 Å². The zero-order chi connectivity index (χ0) is 29.6. The summed E-state index contributed by atoms with van der Waals surface area (Å²) in [6, 6.07) is 0. The Balaban J connectivity index is 1.55. The topological polar surface area (TPSA) is 127 Å². The van der Waals surface area contributed by atoms with E-state index in [1.54, 1.807) is 13.0 Å². The summed E-state index contributed by atoms with van der Waals surface area (Å²) in [6.45, 7) is 13.1. The number of carbonyl (C=O) groups excluding carboxylic acids is 3. The molecule has 2 N–H and O–H groups in total. The Labute approximate surface area is 236 Å². The fourth-order valence-corrected chi connectivity index (χ4v) is 10.1. The molecule has 5 rings (SSSR count). The van der Waals surface area contributed by atoms with E-state index in [1.165, 1.54) is 12.5 Å². The van der Waals surface area contributed by atoms with E-state index < -0.39 is 51.7 Å². The molecule has 0 aromatic carbocycles. The molecule has 0 aromatic heterocycles. The van der Waals surface area contributed by atoms with Crippen molar-refractivity contribution < 1.29 is 38.9 Å². The zero-order valence-electron chi connectivity index (χ0n) is 24.8. The smallest absolute Gasteiger partial charge is 0.313 e. The lowest BCUT2D eigenvalue weighted by molar-refractivity contribution is -0.198. The maximum Gasteiger partial charge on any atom is 0.313 e. The van der Waals surface area contributed by atoms with Crippen molar-refractivity contribution in [1.82, 2.24) is 0 Å². The van der Waals surface area contributed by atoms with Gasteiger partial charge in [0.05, 0.1) is 12.0 Å². The normalized spacial score (nSPS) is 47.0. The molecule has 0 spiro atoms. The molecule has 1 unspecified atom stereocenters. The van der Waals surface area contributed by atoms with E-state index in [1.807, 2.05) is 13.8 Å². The van der Waals surface area contributed by atoms with Crippen LogP contribution in [0.5, 0.6) is 0 Å². The van der Waals surface area contributed by atoms with Crippen LogP contribution in [0, 0.1) is 45.3 Å². The minimum Gasteiger partial charge on any atom is -0.481 e. The van der Waals surface area contributed by atoms with Crippen LogP contribution in [-0.4, -0.2) is 52.2 Å². The third kappa shape index (κ3) is 3.73. The van der Waals surface area contributed by atoms with E-state index in [0.717, 1.165) is 5.57 Å². The van der Waals surface area contributed by atoms with Crippen LogP contribution in [-0.2, 0) is 28.7 Å². The lowest BCUT2D eigenvalue weighted by Gasteiger charge is -2.64. The molecule has 220 valence electrons. The molecule has 40 heavy (non-hydrogen) atoms. The molecule has 1 saturated heterocycles. The van der Waals surface area contributed by atoms with Crippen molar-refractivity contribution >= 4 is 23.7 Å². The van der Waals surface area contributed by atoms with Crippen molar-refractivity contribution in [1.29, 1.82) is 0 Å². The van der Waals surface area contributed by atoms with Gasteiger partial charge in [-0.15, -0.1) is 0 Å². The molecule has 8 heteroatoms. The highest BCUT2D eigenvalue weighted by atomic mass is 16.6. The van der Waals surface area contributed by atoms with Crippen LogP contribution in [0.1, 0.15) is 87.0 Å². The summed E-state index contributed by atoms with van der Waals surface area (Å²) in [5.74, 6) is -3.13. The molecular weight excluding hydrogens is 512 g/mol. The zero-order valence-corrected chi connectivity index (χ0v) is 24.8. The molecule has 0 amide bonds. The van der Waals surface area contributed by atoms with Crippen molar-refractivity contribution in [3.8, 4) is 0 Å². The van der Waals surface area contributed by atoms with Gasteiger partial charge in [0, 0.05) is 30.1 Å². The average molecular weight is 557 g/mol. The number of hydrogen-bond acceptors (Lipinski definition) is 7. The van der Waals surface area contributed by atoms with E-state index in [9.17, 15) is 29.4 Å². The molecule has 1 heterocycles. The molecule has 4 fully saturated rings. The Kier molecular flexibility index (Phi) is 6.72. The van der Waals surface area contributed by atoms with Gasteiger partial charge in [-0.25, -0.2) is 0 Å². The number of aliphatic carboxylic acids is 1. The number of esters is 2. The Hall–Kier alpha value is -2.48. The molecule has 1 aliphatic heterocycles.